The van der Waals surface area contributed by atoms with Crippen molar-refractivity contribution in [1.82, 2.24) is 4.57 Å². The van der Waals surface area contributed by atoms with Crippen LogP contribution >= 0.6 is 23.2 Å². The van der Waals surface area contributed by atoms with Crippen molar-refractivity contribution in [3.8, 4) is 11.1 Å². The van der Waals surface area contributed by atoms with Crippen LogP contribution in [0.5, 0.6) is 0 Å². The van der Waals surface area contributed by atoms with Crippen LogP contribution < -0.4 is 10.9 Å². The third kappa shape index (κ3) is 2.29. The zero-order chi connectivity index (χ0) is 16.8. The van der Waals surface area contributed by atoms with E-state index >= 15 is 0 Å². The fourth-order valence-electron chi connectivity index (χ4n) is 2.97. The summed E-state index contributed by atoms with van der Waals surface area (Å²) in [7, 11) is 0. The van der Waals surface area contributed by atoms with Crippen molar-refractivity contribution in [3.05, 3.63) is 90.8 Å². The second-order valence-corrected chi connectivity index (χ2v) is 6.48. The lowest BCUT2D eigenvalue weighted by Gasteiger charge is -2.05. The van der Waals surface area contributed by atoms with Gasteiger partial charge in [0.2, 0.25) is 10.9 Å². The summed E-state index contributed by atoms with van der Waals surface area (Å²) in [6, 6.07) is 15.4. The highest BCUT2D eigenvalue weighted by Gasteiger charge is 2.23. The number of aromatic nitrogens is 1. The highest BCUT2D eigenvalue weighted by Crippen LogP contribution is 2.33. The van der Waals surface area contributed by atoms with Crippen LogP contribution in [-0.4, -0.2) is 4.57 Å². The summed E-state index contributed by atoms with van der Waals surface area (Å²) in [5.41, 5.74) is 1.95. The van der Waals surface area contributed by atoms with Gasteiger partial charge in [-0.3, -0.25) is 9.59 Å². The topological polar surface area (TPSA) is 39.1 Å². The molecule has 0 saturated heterocycles. The van der Waals surface area contributed by atoms with Gasteiger partial charge in [-0.25, -0.2) is 0 Å². The monoisotopic (exact) mass is 355 g/mol. The molecule has 1 heterocycles. The first-order chi connectivity index (χ1) is 11.6. The van der Waals surface area contributed by atoms with Crippen molar-refractivity contribution in [3.63, 3.8) is 0 Å². The van der Waals surface area contributed by atoms with Crippen molar-refractivity contribution in [1.29, 1.82) is 0 Å². The Kier molecular flexibility index (Phi) is 3.56. The summed E-state index contributed by atoms with van der Waals surface area (Å²) < 4.78 is 2.04. The molecule has 4 rings (SSSR count). The van der Waals surface area contributed by atoms with E-state index in [1.807, 2.05) is 59.3 Å². The predicted molar refractivity (Wildman–Crippen MR) is 97.9 cm³/mol. The molecule has 1 aromatic heterocycles. The van der Waals surface area contributed by atoms with E-state index in [-0.39, 0.29) is 5.02 Å². The molecule has 3 nitrogen and oxygen atoms in total. The molecule has 0 amide bonds. The van der Waals surface area contributed by atoms with Crippen LogP contribution in [0, 0.1) is 0 Å². The van der Waals surface area contributed by atoms with Gasteiger partial charge >= 0.3 is 0 Å². The first kappa shape index (κ1) is 15.2. The first-order valence-electron chi connectivity index (χ1n) is 7.38. The maximum Gasteiger partial charge on any atom is 0.245 e. The molecule has 118 valence electrons. The standard InChI is InChI=1S/C19H11Cl2NO2/c20-12-7-5-11(6-8-12)9-22-10-14(13-3-1-2-4-15(13)22)16-17(21)19(24)18(16)23/h1-8,10H,9H2. The molecule has 0 aliphatic heterocycles. The van der Waals surface area contributed by atoms with E-state index in [0.29, 0.717) is 22.7 Å². The molecule has 0 unspecified atom stereocenters. The van der Waals surface area contributed by atoms with Gasteiger partial charge in [-0.2, -0.15) is 0 Å². The minimum atomic E-state index is -0.610. The molecule has 0 atom stereocenters. The maximum absolute atomic E-state index is 11.9. The summed E-state index contributed by atoms with van der Waals surface area (Å²) >= 11 is 11.9. The molecule has 4 aromatic rings. The summed E-state index contributed by atoms with van der Waals surface area (Å²) in [5, 5.41) is 1.61. The van der Waals surface area contributed by atoms with Gasteiger partial charge in [-0.05, 0) is 23.8 Å². The largest absolute Gasteiger partial charge is 0.342 e. The Morgan fingerprint density at radius 3 is 2.29 bits per heavy atom. The number of hydrogen-bond acceptors (Lipinski definition) is 2. The lowest BCUT2D eigenvalue weighted by Crippen LogP contribution is -2.33. The molecule has 5 heteroatoms. The fourth-order valence-corrected chi connectivity index (χ4v) is 3.37. The van der Waals surface area contributed by atoms with E-state index in [2.05, 4.69) is 0 Å². The zero-order valence-corrected chi connectivity index (χ0v) is 13.9. The predicted octanol–water partition coefficient (Wildman–Crippen LogP) is 4.26. The van der Waals surface area contributed by atoms with Crippen LogP contribution in [-0.2, 0) is 6.54 Å². The molecule has 0 radical (unpaired) electrons. The van der Waals surface area contributed by atoms with Gasteiger partial charge in [-0.15, -0.1) is 0 Å². The van der Waals surface area contributed by atoms with Crippen LogP contribution in [0.2, 0.25) is 10.0 Å². The number of rotatable bonds is 3. The summed E-state index contributed by atoms with van der Waals surface area (Å²) in [4.78, 5) is 23.4. The SMILES string of the molecule is O=c1c(Cl)c(-c2cn(Cc3ccc(Cl)cc3)c3ccccc23)c1=O. The number of halogens is 2. The Morgan fingerprint density at radius 2 is 1.58 bits per heavy atom. The number of hydrogen-bond donors (Lipinski definition) is 0. The minimum Gasteiger partial charge on any atom is -0.342 e. The molecule has 0 aliphatic carbocycles. The average molecular weight is 356 g/mol. The normalized spacial score (nSPS) is 11.4. The molecule has 24 heavy (non-hydrogen) atoms. The van der Waals surface area contributed by atoms with Crippen molar-refractivity contribution in [2.24, 2.45) is 0 Å². The van der Waals surface area contributed by atoms with Crippen LogP contribution in [0.4, 0.5) is 0 Å². The summed E-state index contributed by atoms with van der Waals surface area (Å²) in [6.45, 7) is 0.630. The molecule has 0 saturated carbocycles. The Bertz CT molecular complexity index is 1130. The third-order valence-corrected chi connectivity index (χ3v) is 4.79. The van der Waals surface area contributed by atoms with Crippen molar-refractivity contribution in [2.75, 3.05) is 0 Å². The van der Waals surface area contributed by atoms with Gasteiger partial charge in [0.15, 0.2) is 0 Å². The van der Waals surface area contributed by atoms with Gasteiger partial charge in [-0.1, -0.05) is 53.5 Å². The highest BCUT2D eigenvalue weighted by molar-refractivity contribution is 6.34. The fraction of sp³-hybridized carbons (Fsp3) is 0.0526. The van der Waals surface area contributed by atoms with E-state index in [9.17, 15) is 9.59 Å². The summed E-state index contributed by atoms with van der Waals surface area (Å²) in [5.74, 6) is 0. The van der Waals surface area contributed by atoms with Crippen LogP contribution in [0.15, 0.2) is 64.3 Å². The number of fused-ring (bicyclic) bond motifs is 1. The van der Waals surface area contributed by atoms with Crippen molar-refractivity contribution >= 4 is 34.1 Å². The van der Waals surface area contributed by atoms with E-state index in [4.69, 9.17) is 23.2 Å². The molecule has 0 aliphatic rings. The Balaban J connectivity index is 1.87. The second-order valence-electron chi connectivity index (χ2n) is 5.66. The van der Waals surface area contributed by atoms with E-state index in [1.165, 1.54) is 0 Å². The Morgan fingerprint density at radius 1 is 0.875 bits per heavy atom. The molecular formula is C19H11Cl2NO2. The second kappa shape index (κ2) is 5.62. The highest BCUT2D eigenvalue weighted by atomic mass is 35.5. The number of benzene rings is 2. The molecule has 0 bridgehead atoms. The molecule has 3 aromatic carbocycles. The number of para-hydroxylation sites is 1. The third-order valence-electron chi connectivity index (χ3n) is 4.18. The lowest BCUT2D eigenvalue weighted by atomic mass is 10.0. The molecule has 0 N–H and O–H groups in total. The minimum absolute atomic E-state index is 0.0226. The Hall–Kier alpha value is -2.36. The Labute approximate surface area is 147 Å². The van der Waals surface area contributed by atoms with E-state index in [0.717, 1.165) is 16.5 Å². The van der Waals surface area contributed by atoms with Crippen LogP contribution in [0.3, 0.4) is 0 Å². The molecule has 0 spiro atoms. The zero-order valence-electron chi connectivity index (χ0n) is 12.4. The number of nitrogens with zero attached hydrogens (tertiary/aromatic N) is 1. The quantitative estimate of drug-likeness (QED) is 0.515. The van der Waals surface area contributed by atoms with E-state index in [1.54, 1.807) is 0 Å². The first-order valence-corrected chi connectivity index (χ1v) is 8.13. The van der Waals surface area contributed by atoms with Gasteiger partial charge in [0.05, 0.1) is 5.56 Å². The van der Waals surface area contributed by atoms with E-state index < -0.39 is 10.9 Å². The van der Waals surface area contributed by atoms with Crippen LogP contribution in [0.1, 0.15) is 5.56 Å². The molecular weight excluding hydrogens is 345 g/mol. The molecule has 0 fully saturated rings. The smallest absolute Gasteiger partial charge is 0.245 e. The average Bonchev–Trinajstić information content (AvgIpc) is 2.95. The summed E-state index contributed by atoms with van der Waals surface area (Å²) in [6.07, 6.45) is 1.88. The van der Waals surface area contributed by atoms with Crippen molar-refractivity contribution < 1.29 is 0 Å². The van der Waals surface area contributed by atoms with Gasteiger partial charge < -0.3 is 4.57 Å². The van der Waals surface area contributed by atoms with Gasteiger partial charge in [0.25, 0.3) is 0 Å². The lowest BCUT2D eigenvalue weighted by molar-refractivity contribution is 0.837. The maximum atomic E-state index is 11.9. The van der Waals surface area contributed by atoms with Gasteiger partial charge in [0, 0.05) is 34.2 Å². The van der Waals surface area contributed by atoms with Gasteiger partial charge in [0.1, 0.15) is 5.02 Å². The van der Waals surface area contributed by atoms with Crippen LogP contribution in [0.25, 0.3) is 22.0 Å². The van der Waals surface area contributed by atoms with Crippen molar-refractivity contribution in [2.45, 2.75) is 6.54 Å².